The Labute approximate surface area is 150 Å². The van der Waals surface area contributed by atoms with Gasteiger partial charge in [-0.2, -0.15) is 4.72 Å². The molecule has 1 amide bonds. The number of likely N-dealkylation sites (tertiary alicyclic amines) is 1. The zero-order valence-electron chi connectivity index (χ0n) is 15.2. The van der Waals surface area contributed by atoms with Crippen molar-refractivity contribution < 1.29 is 13.2 Å². The lowest BCUT2D eigenvalue weighted by Gasteiger charge is -2.25. The molecule has 1 aliphatic heterocycles. The fourth-order valence-electron chi connectivity index (χ4n) is 3.09. The van der Waals surface area contributed by atoms with Crippen LogP contribution in [0, 0.1) is 18.8 Å². The maximum absolute atomic E-state index is 12.9. The molecule has 0 spiro atoms. The molecule has 0 radical (unpaired) electrons. The number of benzene rings is 1. The Morgan fingerprint density at radius 2 is 1.96 bits per heavy atom. The molecule has 140 valence electrons. The normalized spacial score (nSPS) is 19.4. The molecule has 2 atom stereocenters. The molecule has 0 aromatic heterocycles. The Kier molecular flexibility index (Phi) is 6.59. The van der Waals surface area contributed by atoms with Crippen LogP contribution in [-0.2, 0) is 14.8 Å². The van der Waals surface area contributed by atoms with Crippen LogP contribution in [0.2, 0.25) is 0 Å². The molecule has 25 heavy (non-hydrogen) atoms. The van der Waals surface area contributed by atoms with Crippen molar-refractivity contribution in [1.29, 1.82) is 0 Å². The van der Waals surface area contributed by atoms with E-state index in [0.717, 1.165) is 12.0 Å². The van der Waals surface area contributed by atoms with Gasteiger partial charge in [0.2, 0.25) is 15.9 Å². The second-order valence-electron chi connectivity index (χ2n) is 7.29. The number of nitrogens with two attached hydrogens (primary N) is 1. The number of rotatable bonds is 7. The molecule has 2 rings (SSSR count). The van der Waals surface area contributed by atoms with Gasteiger partial charge in [0.1, 0.15) is 6.04 Å². The Morgan fingerprint density at radius 1 is 1.32 bits per heavy atom. The minimum Gasteiger partial charge on any atom is -0.341 e. The van der Waals surface area contributed by atoms with E-state index in [4.69, 9.17) is 5.73 Å². The van der Waals surface area contributed by atoms with Crippen LogP contribution in [0.25, 0.3) is 0 Å². The summed E-state index contributed by atoms with van der Waals surface area (Å²) >= 11 is 0. The largest absolute Gasteiger partial charge is 0.341 e. The lowest BCUT2D eigenvalue weighted by atomic mass is 10.0. The second-order valence-corrected chi connectivity index (χ2v) is 9.01. The Bertz CT molecular complexity index is 686. The minimum atomic E-state index is -3.74. The van der Waals surface area contributed by atoms with Crippen molar-refractivity contribution in [2.45, 2.75) is 44.6 Å². The van der Waals surface area contributed by atoms with Gasteiger partial charge in [0.05, 0.1) is 4.90 Å². The molecule has 1 fully saturated rings. The smallest absolute Gasteiger partial charge is 0.241 e. The highest BCUT2D eigenvalue weighted by Gasteiger charge is 2.33. The van der Waals surface area contributed by atoms with Crippen LogP contribution >= 0.6 is 0 Å². The number of nitrogens with one attached hydrogen (secondary N) is 1. The highest BCUT2D eigenvalue weighted by atomic mass is 32.2. The monoisotopic (exact) mass is 367 g/mol. The summed E-state index contributed by atoms with van der Waals surface area (Å²) < 4.78 is 28.0. The first kappa shape index (κ1) is 19.9. The van der Waals surface area contributed by atoms with E-state index in [1.165, 1.54) is 0 Å². The zero-order chi connectivity index (χ0) is 18.6. The maximum Gasteiger partial charge on any atom is 0.241 e. The molecule has 1 saturated heterocycles. The van der Waals surface area contributed by atoms with Crippen LogP contribution in [-0.4, -0.2) is 44.9 Å². The highest BCUT2D eigenvalue weighted by molar-refractivity contribution is 7.89. The molecule has 1 aromatic rings. The average molecular weight is 368 g/mol. The lowest BCUT2D eigenvalue weighted by molar-refractivity contribution is -0.132. The van der Waals surface area contributed by atoms with Crippen molar-refractivity contribution in [1.82, 2.24) is 9.62 Å². The van der Waals surface area contributed by atoms with Crippen molar-refractivity contribution in [3.63, 3.8) is 0 Å². The molecule has 0 bridgehead atoms. The van der Waals surface area contributed by atoms with Crippen LogP contribution < -0.4 is 10.5 Å². The Hall–Kier alpha value is -1.44. The van der Waals surface area contributed by atoms with Crippen molar-refractivity contribution in [2.24, 2.45) is 17.6 Å². The number of nitrogens with zero attached hydrogens (tertiary/aromatic N) is 1. The van der Waals surface area contributed by atoms with Gasteiger partial charge < -0.3 is 10.6 Å². The number of hydrogen-bond donors (Lipinski definition) is 2. The SMILES string of the molecule is Cc1ccc(S(=O)(=O)NC(CC(C)C)C(=O)N2CCC(CN)C2)cc1. The molecule has 0 saturated carbocycles. The third-order valence-electron chi connectivity index (χ3n) is 4.56. The second kappa shape index (κ2) is 8.29. The van der Waals surface area contributed by atoms with Crippen LogP contribution in [0.1, 0.15) is 32.3 Å². The van der Waals surface area contributed by atoms with Crippen molar-refractivity contribution in [3.8, 4) is 0 Å². The van der Waals surface area contributed by atoms with Crippen LogP contribution in [0.5, 0.6) is 0 Å². The van der Waals surface area contributed by atoms with Crippen LogP contribution in [0.4, 0.5) is 0 Å². The molecule has 1 aromatic carbocycles. The van der Waals surface area contributed by atoms with Crippen LogP contribution in [0.3, 0.4) is 0 Å². The number of sulfonamides is 1. The summed E-state index contributed by atoms with van der Waals surface area (Å²) in [5.74, 6) is 0.347. The van der Waals surface area contributed by atoms with Gasteiger partial charge in [-0.05, 0) is 50.3 Å². The molecular formula is C18H29N3O3S. The minimum absolute atomic E-state index is 0.152. The van der Waals surface area contributed by atoms with E-state index >= 15 is 0 Å². The lowest BCUT2D eigenvalue weighted by Crippen LogP contribution is -2.48. The maximum atomic E-state index is 12.9. The van der Waals surface area contributed by atoms with Gasteiger partial charge in [-0.25, -0.2) is 8.42 Å². The summed E-state index contributed by atoms with van der Waals surface area (Å²) in [7, 11) is -3.74. The summed E-state index contributed by atoms with van der Waals surface area (Å²) in [6.07, 6.45) is 1.34. The molecule has 0 aliphatic carbocycles. The number of hydrogen-bond acceptors (Lipinski definition) is 4. The average Bonchev–Trinajstić information content (AvgIpc) is 3.02. The molecule has 7 heteroatoms. The zero-order valence-corrected chi connectivity index (χ0v) is 16.1. The third kappa shape index (κ3) is 5.26. The van der Waals surface area contributed by atoms with Crippen molar-refractivity contribution >= 4 is 15.9 Å². The molecule has 1 heterocycles. The van der Waals surface area contributed by atoms with Gasteiger partial charge in [-0.3, -0.25) is 4.79 Å². The van der Waals surface area contributed by atoms with E-state index in [2.05, 4.69) is 4.72 Å². The van der Waals surface area contributed by atoms with E-state index in [-0.39, 0.29) is 16.7 Å². The Balaban J connectivity index is 2.16. The molecule has 2 unspecified atom stereocenters. The predicted molar refractivity (Wildman–Crippen MR) is 98.5 cm³/mol. The summed E-state index contributed by atoms with van der Waals surface area (Å²) in [6, 6.07) is 5.88. The van der Waals surface area contributed by atoms with E-state index in [1.54, 1.807) is 29.2 Å². The fourth-order valence-corrected chi connectivity index (χ4v) is 4.29. The highest BCUT2D eigenvalue weighted by Crippen LogP contribution is 2.19. The van der Waals surface area contributed by atoms with E-state index in [9.17, 15) is 13.2 Å². The number of amides is 1. The first-order chi connectivity index (χ1) is 11.7. The fraction of sp³-hybridized carbons (Fsp3) is 0.611. The molecule has 3 N–H and O–H groups in total. The molecular weight excluding hydrogens is 338 g/mol. The summed E-state index contributed by atoms with van der Waals surface area (Å²) in [4.78, 5) is 14.8. The van der Waals surface area contributed by atoms with E-state index < -0.39 is 16.1 Å². The predicted octanol–water partition coefficient (Wildman–Crippen LogP) is 1.50. The van der Waals surface area contributed by atoms with Gasteiger partial charge in [0.25, 0.3) is 0 Å². The number of aryl methyl sites for hydroxylation is 1. The number of carbonyl (C=O) groups is 1. The van der Waals surface area contributed by atoms with Crippen molar-refractivity contribution in [3.05, 3.63) is 29.8 Å². The van der Waals surface area contributed by atoms with Gasteiger partial charge >= 0.3 is 0 Å². The van der Waals surface area contributed by atoms with Gasteiger partial charge in [0, 0.05) is 13.1 Å². The van der Waals surface area contributed by atoms with E-state index in [0.29, 0.717) is 32.0 Å². The molecule has 1 aliphatic rings. The number of carbonyl (C=O) groups excluding carboxylic acids is 1. The van der Waals surface area contributed by atoms with E-state index in [1.807, 2.05) is 20.8 Å². The summed E-state index contributed by atoms with van der Waals surface area (Å²) in [5, 5.41) is 0. The standard InChI is InChI=1S/C18H29N3O3S/c1-13(2)10-17(18(22)21-9-8-15(11-19)12-21)20-25(23,24)16-6-4-14(3)5-7-16/h4-7,13,15,17,20H,8-12,19H2,1-3H3. The molecule has 6 nitrogen and oxygen atoms in total. The van der Waals surface area contributed by atoms with Crippen molar-refractivity contribution in [2.75, 3.05) is 19.6 Å². The topological polar surface area (TPSA) is 92.5 Å². The van der Waals surface area contributed by atoms with Crippen LogP contribution in [0.15, 0.2) is 29.2 Å². The summed E-state index contributed by atoms with van der Waals surface area (Å²) in [5.41, 5.74) is 6.68. The first-order valence-corrected chi connectivity index (χ1v) is 10.3. The third-order valence-corrected chi connectivity index (χ3v) is 6.05. The quantitative estimate of drug-likeness (QED) is 0.764. The first-order valence-electron chi connectivity index (χ1n) is 8.80. The van der Waals surface area contributed by atoms with Gasteiger partial charge in [-0.15, -0.1) is 0 Å². The van der Waals surface area contributed by atoms with Gasteiger partial charge in [0.15, 0.2) is 0 Å². The van der Waals surface area contributed by atoms with Gasteiger partial charge in [-0.1, -0.05) is 31.5 Å². The summed E-state index contributed by atoms with van der Waals surface area (Å²) in [6.45, 7) is 7.65. The Morgan fingerprint density at radius 3 is 2.48 bits per heavy atom.